The highest BCUT2D eigenvalue weighted by Crippen LogP contribution is 2.52. The summed E-state index contributed by atoms with van der Waals surface area (Å²) in [7, 11) is 0. The number of esters is 1. The van der Waals surface area contributed by atoms with Crippen LogP contribution in [0.15, 0.2) is 24.4 Å². The topological polar surface area (TPSA) is 114 Å². The molecule has 5 unspecified atom stereocenters. The number of nitrogens with zero attached hydrogens (tertiary/aromatic N) is 4. The molecule has 1 saturated carbocycles. The highest BCUT2D eigenvalue weighted by atomic mass is 16.6. The molecule has 1 aliphatic carbocycles. The van der Waals surface area contributed by atoms with Gasteiger partial charge in [-0.2, -0.15) is 5.21 Å². The van der Waals surface area contributed by atoms with E-state index in [1.807, 2.05) is 25.1 Å². The summed E-state index contributed by atoms with van der Waals surface area (Å²) in [5.74, 6) is 0.419. The second-order valence-electron chi connectivity index (χ2n) is 7.96. The van der Waals surface area contributed by atoms with Crippen LogP contribution in [0.4, 0.5) is 0 Å². The van der Waals surface area contributed by atoms with E-state index in [-0.39, 0.29) is 23.9 Å². The molecule has 2 N–H and O–H groups in total. The van der Waals surface area contributed by atoms with E-state index in [1.165, 1.54) is 0 Å². The van der Waals surface area contributed by atoms with Crippen LogP contribution in [0.5, 0.6) is 0 Å². The van der Waals surface area contributed by atoms with E-state index in [4.69, 9.17) is 4.74 Å². The van der Waals surface area contributed by atoms with Crippen LogP contribution in [0.3, 0.4) is 0 Å². The van der Waals surface area contributed by atoms with Gasteiger partial charge in [0.1, 0.15) is 6.10 Å². The predicted octanol–water partition coefficient (Wildman–Crippen LogP) is 2.25. The van der Waals surface area contributed by atoms with Crippen LogP contribution in [0, 0.1) is 23.7 Å². The Kier molecular flexibility index (Phi) is 4.74. The number of carbonyl (C=O) groups excluding carboxylic acids is 1. The Bertz CT molecular complexity index is 866. The fourth-order valence-corrected chi connectivity index (χ4v) is 5.07. The maximum Gasteiger partial charge on any atom is 0.338 e. The first-order valence-corrected chi connectivity index (χ1v) is 9.75. The van der Waals surface area contributed by atoms with Crippen LogP contribution in [0.1, 0.15) is 39.3 Å². The van der Waals surface area contributed by atoms with Gasteiger partial charge in [-0.1, -0.05) is 26.3 Å². The number of aliphatic hydroxyl groups is 1. The quantitative estimate of drug-likeness (QED) is 0.778. The first-order chi connectivity index (χ1) is 13.4. The maximum absolute atomic E-state index is 12.3. The number of pyridine rings is 1. The van der Waals surface area contributed by atoms with E-state index < -0.39 is 11.6 Å². The van der Waals surface area contributed by atoms with Crippen LogP contribution < -0.4 is 0 Å². The molecule has 1 saturated heterocycles. The molecule has 2 aliphatic rings. The van der Waals surface area contributed by atoms with Crippen molar-refractivity contribution in [1.82, 2.24) is 25.6 Å². The van der Waals surface area contributed by atoms with E-state index >= 15 is 0 Å². The third-order valence-electron chi connectivity index (χ3n) is 6.33. The number of carbonyl (C=O) groups is 1. The number of fused-ring (bicyclic) bond motifs is 1. The molecule has 8 nitrogen and oxygen atoms in total. The van der Waals surface area contributed by atoms with Gasteiger partial charge in [0.15, 0.2) is 5.60 Å². The van der Waals surface area contributed by atoms with Gasteiger partial charge in [0.2, 0.25) is 5.82 Å². The van der Waals surface area contributed by atoms with Gasteiger partial charge >= 0.3 is 5.97 Å². The van der Waals surface area contributed by atoms with Gasteiger partial charge in [0.05, 0.1) is 5.69 Å². The molecule has 1 aliphatic heterocycles. The second kappa shape index (κ2) is 7.09. The third-order valence-corrected chi connectivity index (χ3v) is 6.33. The van der Waals surface area contributed by atoms with Crippen LogP contribution in [0.25, 0.3) is 17.5 Å². The molecule has 28 heavy (non-hydrogen) atoms. The zero-order valence-electron chi connectivity index (χ0n) is 16.2. The number of hydrogen-bond acceptors (Lipinski definition) is 7. The number of rotatable bonds is 4. The van der Waals surface area contributed by atoms with Crippen molar-refractivity contribution in [1.29, 1.82) is 0 Å². The lowest BCUT2D eigenvalue weighted by Crippen LogP contribution is -2.53. The Hall–Kier alpha value is -2.61. The summed E-state index contributed by atoms with van der Waals surface area (Å²) < 4.78 is 5.43. The van der Waals surface area contributed by atoms with E-state index in [9.17, 15) is 9.90 Å². The monoisotopic (exact) mass is 383 g/mol. The van der Waals surface area contributed by atoms with Crippen molar-refractivity contribution in [3.63, 3.8) is 0 Å². The lowest BCUT2D eigenvalue weighted by atomic mass is 9.59. The summed E-state index contributed by atoms with van der Waals surface area (Å²) in [6, 6.07) is 3.78. The number of nitrogens with one attached hydrogen (secondary N) is 1. The van der Waals surface area contributed by atoms with E-state index in [1.54, 1.807) is 6.20 Å². The van der Waals surface area contributed by atoms with Gasteiger partial charge in [0.25, 0.3) is 0 Å². The SMILES string of the molecule is CCC1C(C)CC2(O)C(=O)O[C@H](C)C2C1/C=C/c1ccc(-c2nn[nH]n2)cn1. The van der Waals surface area contributed by atoms with Gasteiger partial charge in [-0.3, -0.25) is 4.98 Å². The molecule has 148 valence electrons. The fourth-order valence-electron chi connectivity index (χ4n) is 5.07. The van der Waals surface area contributed by atoms with Crippen molar-refractivity contribution < 1.29 is 14.6 Å². The van der Waals surface area contributed by atoms with Crippen molar-refractivity contribution in [2.24, 2.45) is 23.7 Å². The molecule has 4 rings (SSSR count). The Labute approximate surface area is 163 Å². The minimum Gasteiger partial charge on any atom is -0.460 e. The van der Waals surface area contributed by atoms with Crippen LogP contribution in [-0.2, 0) is 9.53 Å². The molecule has 2 aromatic rings. The number of ether oxygens (including phenoxy) is 1. The second-order valence-corrected chi connectivity index (χ2v) is 7.96. The molecule has 3 heterocycles. The molecule has 2 fully saturated rings. The lowest BCUT2D eigenvalue weighted by Gasteiger charge is -2.45. The highest BCUT2D eigenvalue weighted by molar-refractivity contribution is 5.82. The summed E-state index contributed by atoms with van der Waals surface area (Å²) in [5, 5.41) is 25.0. The van der Waals surface area contributed by atoms with Crippen molar-refractivity contribution >= 4 is 12.0 Å². The summed E-state index contributed by atoms with van der Waals surface area (Å²) in [4.78, 5) is 16.8. The fraction of sp³-hybridized carbons (Fsp3) is 0.550. The Morgan fingerprint density at radius 3 is 2.86 bits per heavy atom. The average Bonchev–Trinajstić information content (AvgIpc) is 3.27. The average molecular weight is 383 g/mol. The zero-order chi connectivity index (χ0) is 19.9. The molecule has 2 aromatic heterocycles. The van der Waals surface area contributed by atoms with Crippen molar-refractivity contribution in [2.75, 3.05) is 0 Å². The highest BCUT2D eigenvalue weighted by Gasteiger charge is 2.62. The smallest absolute Gasteiger partial charge is 0.338 e. The van der Waals surface area contributed by atoms with Gasteiger partial charge in [-0.25, -0.2) is 4.79 Å². The maximum atomic E-state index is 12.3. The molecular weight excluding hydrogens is 358 g/mol. The summed E-state index contributed by atoms with van der Waals surface area (Å²) in [6.45, 7) is 6.14. The standard InChI is InChI=1S/C20H25N5O3/c1-4-15-11(2)9-20(27)17(12(3)28-19(20)26)16(15)8-7-14-6-5-13(10-21-14)18-22-24-25-23-18/h5-8,10-12,15-17,27H,4,9H2,1-3H3,(H,22,23,24,25)/b8-7+/t11?,12-,15?,16?,17?,20?/m1/s1. The van der Waals surface area contributed by atoms with Crippen LogP contribution in [-0.4, -0.2) is 48.4 Å². The van der Waals surface area contributed by atoms with E-state index in [0.717, 1.165) is 17.7 Å². The molecular formula is C20H25N5O3. The number of allylic oxidation sites excluding steroid dienone is 1. The molecule has 8 heteroatoms. The number of H-pyrrole nitrogens is 1. The number of aromatic nitrogens is 5. The minimum absolute atomic E-state index is 0.0406. The molecule has 6 atom stereocenters. The lowest BCUT2D eigenvalue weighted by molar-refractivity contribution is -0.160. The van der Waals surface area contributed by atoms with Crippen LogP contribution in [0.2, 0.25) is 0 Å². The summed E-state index contributed by atoms with van der Waals surface area (Å²) in [5.41, 5.74) is 0.179. The summed E-state index contributed by atoms with van der Waals surface area (Å²) >= 11 is 0. The van der Waals surface area contributed by atoms with Crippen LogP contribution >= 0.6 is 0 Å². The molecule has 0 spiro atoms. The van der Waals surface area contributed by atoms with Gasteiger partial charge in [0, 0.05) is 17.7 Å². The Morgan fingerprint density at radius 2 is 2.21 bits per heavy atom. The third kappa shape index (κ3) is 3.01. The molecule has 0 amide bonds. The van der Waals surface area contributed by atoms with Crippen molar-refractivity contribution in [3.8, 4) is 11.4 Å². The number of cyclic esters (lactones) is 1. The minimum atomic E-state index is -1.39. The first-order valence-electron chi connectivity index (χ1n) is 9.75. The first kappa shape index (κ1) is 18.7. The van der Waals surface area contributed by atoms with E-state index in [0.29, 0.717) is 18.2 Å². The number of aromatic amines is 1. The van der Waals surface area contributed by atoms with Gasteiger partial charge < -0.3 is 9.84 Å². The van der Waals surface area contributed by atoms with Gasteiger partial charge in [-0.15, -0.1) is 10.2 Å². The Balaban J connectivity index is 1.61. The molecule has 0 bridgehead atoms. The number of hydrogen-bond donors (Lipinski definition) is 2. The normalized spacial score (nSPS) is 35.1. The van der Waals surface area contributed by atoms with Crippen molar-refractivity contribution in [2.45, 2.75) is 45.3 Å². The van der Waals surface area contributed by atoms with Crippen molar-refractivity contribution in [3.05, 3.63) is 30.1 Å². The predicted molar refractivity (Wildman–Crippen MR) is 101 cm³/mol. The summed E-state index contributed by atoms with van der Waals surface area (Å²) in [6.07, 6.45) is 6.89. The number of tetrazole rings is 1. The Morgan fingerprint density at radius 1 is 1.39 bits per heavy atom. The zero-order valence-corrected chi connectivity index (χ0v) is 16.2. The largest absolute Gasteiger partial charge is 0.460 e. The molecule has 0 aromatic carbocycles. The molecule has 0 radical (unpaired) electrons. The van der Waals surface area contributed by atoms with E-state index in [2.05, 4.69) is 45.5 Å². The van der Waals surface area contributed by atoms with Gasteiger partial charge in [-0.05, 0) is 54.5 Å².